The van der Waals surface area contributed by atoms with Gasteiger partial charge >= 0.3 is 0 Å². The summed E-state index contributed by atoms with van der Waals surface area (Å²) in [6.07, 6.45) is 3.86. The number of para-hydroxylation sites is 2. The van der Waals surface area contributed by atoms with Gasteiger partial charge in [0.2, 0.25) is 11.8 Å². The van der Waals surface area contributed by atoms with E-state index in [9.17, 15) is 9.59 Å². The molecule has 0 radical (unpaired) electrons. The van der Waals surface area contributed by atoms with Crippen LogP contribution in [0.4, 0.5) is 5.69 Å². The molecule has 0 spiro atoms. The summed E-state index contributed by atoms with van der Waals surface area (Å²) in [7, 11) is 1.59. The Morgan fingerprint density at radius 3 is 3.00 bits per heavy atom. The van der Waals surface area contributed by atoms with Gasteiger partial charge in [-0.15, -0.1) is 0 Å². The zero-order valence-corrected chi connectivity index (χ0v) is 14.0. The number of hydrogen-bond donors (Lipinski definition) is 1. The molecule has 130 valence electrons. The minimum Gasteiger partial charge on any atom is -0.495 e. The first kappa shape index (κ1) is 16.8. The second-order valence-corrected chi connectivity index (χ2v) is 6.32. The van der Waals surface area contributed by atoms with E-state index in [1.54, 1.807) is 12.0 Å². The van der Waals surface area contributed by atoms with Crippen molar-refractivity contribution >= 4 is 17.5 Å². The fourth-order valence-corrected chi connectivity index (χ4v) is 3.35. The number of nitrogens with zero attached hydrogens (tertiary/aromatic N) is 1. The highest BCUT2D eigenvalue weighted by Gasteiger charge is 2.33. The van der Waals surface area contributed by atoms with Gasteiger partial charge in [-0.2, -0.15) is 0 Å². The molecule has 2 amide bonds. The van der Waals surface area contributed by atoms with Crippen molar-refractivity contribution in [3.63, 3.8) is 0 Å². The van der Waals surface area contributed by atoms with E-state index >= 15 is 0 Å². The molecule has 1 N–H and O–H groups in total. The van der Waals surface area contributed by atoms with Crippen molar-refractivity contribution in [3.8, 4) is 5.75 Å². The van der Waals surface area contributed by atoms with Crippen molar-refractivity contribution in [1.82, 2.24) is 5.32 Å². The molecule has 1 aromatic carbocycles. The minimum atomic E-state index is -0.153. The molecule has 2 fully saturated rings. The Morgan fingerprint density at radius 1 is 1.42 bits per heavy atom. The molecule has 0 aromatic heterocycles. The monoisotopic (exact) mass is 332 g/mol. The standard InChI is InChI=1S/C18H24N2O4/c1-23-16-7-3-2-6-15(16)20-12-13(11-18(20)22)19-17(21)9-8-14-5-4-10-24-14/h2-3,6-7,13-14H,4-5,8-12H2,1H3,(H,19,21)/t13-,14+/m0/s1. The number of hydrogen-bond acceptors (Lipinski definition) is 4. The van der Waals surface area contributed by atoms with Crippen molar-refractivity contribution < 1.29 is 19.1 Å². The van der Waals surface area contributed by atoms with Gasteiger partial charge in [-0.25, -0.2) is 0 Å². The van der Waals surface area contributed by atoms with E-state index < -0.39 is 0 Å². The number of anilines is 1. The lowest BCUT2D eigenvalue weighted by atomic mass is 10.1. The molecule has 0 unspecified atom stereocenters. The van der Waals surface area contributed by atoms with Gasteiger partial charge in [0, 0.05) is 26.0 Å². The van der Waals surface area contributed by atoms with E-state index in [1.165, 1.54) is 0 Å². The average Bonchev–Trinajstić information content (AvgIpc) is 3.22. The maximum absolute atomic E-state index is 12.3. The Balaban J connectivity index is 1.53. The normalized spacial score (nSPS) is 23.5. The lowest BCUT2D eigenvalue weighted by molar-refractivity contribution is -0.122. The zero-order chi connectivity index (χ0) is 16.9. The van der Waals surface area contributed by atoms with Gasteiger partial charge in [0.25, 0.3) is 0 Å². The highest BCUT2D eigenvalue weighted by molar-refractivity contribution is 5.98. The molecule has 1 aromatic rings. The summed E-state index contributed by atoms with van der Waals surface area (Å²) in [5, 5.41) is 2.97. The van der Waals surface area contributed by atoms with Crippen LogP contribution in [-0.4, -0.2) is 44.2 Å². The van der Waals surface area contributed by atoms with Gasteiger partial charge in [-0.05, 0) is 31.4 Å². The summed E-state index contributed by atoms with van der Waals surface area (Å²) >= 11 is 0. The van der Waals surface area contributed by atoms with Crippen molar-refractivity contribution in [1.29, 1.82) is 0 Å². The van der Waals surface area contributed by atoms with Crippen LogP contribution in [0.1, 0.15) is 32.1 Å². The van der Waals surface area contributed by atoms with Crippen LogP contribution < -0.4 is 15.0 Å². The van der Waals surface area contributed by atoms with Crippen molar-refractivity contribution in [2.75, 3.05) is 25.2 Å². The highest BCUT2D eigenvalue weighted by atomic mass is 16.5. The molecule has 2 aliphatic heterocycles. The van der Waals surface area contributed by atoms with Gasteiger partial charge in [0.15, 0.2) is 0 Å². The number of carbonyl (C=O) groups is 2. The fourth-order valence-electron chi connectivity index (χ4n) is 3.35. The molecule has 0 saturated carbocycles. The average molecular weight is 332 g/mol. The molecule has 2 saturated heterocycles. The van der Waals surface area contributed by atoms with E-state index in [0.29, 0.717) is 25.1 Å². The Hall–Kier alpha value is -2.08. The lowest BCUT2D eigenvalue weighted by Gasteiger charge is -2.19. The number of amides is 2. The van der Waals surface area contributed by atoms with Gasteiger partial charge in [-0.1, -0.05) is 12.1 Å². The van der Waals surface area contributed by atoms with E-state index in [0.717, 1.165) is 31.6 Å². The molecule has 0 aliphatic carbocycles. The number of benzene rings is 1. The second-order valence-electron chi connectivity index (χ2n) is 6.32. The van der Waals surface area contributed by atoms with Crippen LogP contribution in [0.25, 0.3) is 0 Å². The third-order valence-corrected chi connectivity index (χ3v) is 4.58. The van der Waals surface area contributed by atoms with Crippen LogP contribution in [0.5, 0.6) is 5.75 Å². The van der Waals surface area contributed by atoms with E-state index in [1.807, 2.05) is 24.3 Å². The molecule has 6 heteroatoms. The first-order valence-electron chi connectivity index (χ1n) is 8.51. The molecule has 2 heterocycles. The van der Waals surface area contributed by atoms with Crippen molar-refractivity contribution in [2.24, 2.45) is 0 Å². The van der Waals surface area contributed by atoms with Gasteiger partial charge in [0.1, 0.15) is 5.75 Å². The third-order valence-electron chi connectivity index (χ3n) is 4.58. The van der Waals surface area contributed by atoms with Crippen molar-refractivity contribution in [3.05, 3.63) is 24.3 Å². The Bertz CT molecular complexity index is 598. The van der Waals surface area contributed by atoms with Gasteiger partial charge in [0.05, 0.1) is 24.9 Å². The number of nitrogens with one attached hydrogen (secondary N) is 1. The summed E-state index contributed by atoms with van der Waals surface area (Å²) in [5.74, 6) is 0.658. The van der Waals surface area contributed by atoms with Crippen LogP contribution in [-0.2, 0) is 14.3 Å². The first-order chi connectivity index (χ1) is 11.7. The molecule has 2 atom stereocenters. The topological polar surface area (TPSA) is 67.9 Å². The smallest absolute Gasteiger partial charge is 0.229 e. The molecular weight excluding hydrogens is 308 g/mol. The summed E-state index contributed by atoms with van der Waals surface area (Å²) in [5.41, 5.74) is 0.751. The van der Waals surface area contributed by atoms with Crippen LogP contribution in [0, 0.1) is 0 Å². The largest absolute Gasteiger partial charge is 0.495 e. The van der Waals surface area contributed by atoms with Crippen molar-refractivity contribution in [2.45, 2.75) is 44.2 Å². The van der Waals surface area contributed by atoms with Crippen LogP contribution >= 0.6 is 0 Å². The Labute approximate surface area is 142 Å². The van der Waals surface area contributed by atoms with E-state index in [2.05, 4.69) is 5.32 Å². The highest BCUT2D eigenvalue weighted by Crippen LogP contribution is 2.31. The van der Waals surface area contributed by atoms with Gasteiger partial charge < -0.3 is 19.7 Å². The zero-order valence-electron chi connectivity index (χ0n) is 14.0. The maximum atomic E-state index is 12.3. The summed E-state index contributed by atoms with van der Waals surface area (Å²) in [6.45, 7) is 1.28. The predicted octanol–water partition coefficient (Wildman–Crippen LogP) is 1.88. The van der Waals surface area contributed by atoms with Crippen LogP contribution in [0.3, 0.4) is 0 Å². The molecular formula is C18H24N2O4. The second kappa shape index (κ2) is 7.66. The fraction of sp³-hybridized carbons (Fsp3) is 0.556. The number of rotatable bonds is 6. The minimum absolute atomic E-state index is 0.00364. The summed E-state index contributed by atoms with van der Waals surface area (Å²) in [6, 6.07) is 7.28. The summed E-state index contributed by atoms with van der Waals surface area (Å²) < 4.78 is 10.9. The maximum Gasteiger partial charge on any atom is 0.229 e. The van der Waals surface area contributed by atoms with E-state index in [-0.39, 0.29) is 24.0 Å². The SMILES string of the molecule is COc1ccccc1N1C[C@@H](NC(=O)CC[C@H]2CCCO2)CC1=O. The lowest BCUT2D eigenvalue weighted by Crippen LogP contribution is -2.37. The molecule has 2 aliphatic rings. The van der Waals surface area contributed by atoms with Crippen LogP contribution in [0.2, 0.25) is 0 Å². The molecule has 3 rings (SSSR count). The summed E-state index contributed by atoms with van der Waals surface area (Å²) in [4.78, 5) is 26.1. The first-order valence-corrected chi connectivity index (χ1v) is 8.51. The Kier molecular flexibility index (Phi) is 5.35. The number of carbonyl (C=O) groups excluding carboxylic acids is 2. The van der Waals surface area contributed by atoms with E-state index in [4.69, 9.17) is 9.47 Å². The Morgan fingerprint density at radius 2 is 2.25 bits per heavy atom. The van der Waals surface area contributed by atoms with Crippen LogP contribution in [0.15, 0.2) is 24.3 Å². The van der Waals surface area contributed by atoms with Gasteiger partial charge in [-0.3, -0.25) is 9.59 Å². The molecule has 0 bridgehead atoms. The number of ether oxygens (including phenoxy) is 2. The molecule has 6 nitrogen and oxygen atoms in total. The predicted molar refractivity (Wildman–Crippen MR) is 90.1 cm³/mol. The third kappa shape index (κ3) is 3.87. The molecule has 24 heavy (non-hydrogen) atoms. The quantitative estimate of drug-likeness (QED) is 0.864. The number of methoxy groups -OCH3 is 1.